The molecule has 5 nitrogen and oxygen atoms in total. The first-order valence-electron chi connectivity index (χ1n) is 6.44. The lowest BCUT2D eigenvalue weighted by molar-refractivity contribution is -0.383. The van der Waals surface area contributed by atoms with Crippen molar-refractivity contribution >= 4 is 17.1 Å². The fourth-order valence-corrected chi connectivity index (χ4v) is 2.09. The zero-order chi connectivity index (χ0) is 14.5. The molecule has 0 fully saturated rings. The second kappa shape index (κ2) is 6.06. The highest BCUT2D eigenvalue weighted by atomic mass is 16.6. The Labute approximate surface area is 117 Å². The quantitative estimate of drug-likeness (QED) is 0.515. The normalized spacial score (nSPS) is 10.2. The molecule has 0 aromatic heterocycles. The number of hydrogen-bond donors (Lipinski definition) is 1. The van der Waals surface area contributed by atoms with E-state index in [2.05, 4.69) is 17.0 Å². The molecule has 0 spiro atoms. The molecular weight excluding hydrogens is 254 g/mol. The van der Waals surface area contributed by atoms with Crippen molar-refractivity contribution in [3.63, 3.8) is 0 Å². The Bertz CT molecular complexity index is 599. The van der Waals surface area contributed by atoms with Crippen LogP contribution in [0.15, 0.2) is 48.5 Å². The van der Waals surface area contributed by atoms with Crippen molar-refractivity contribution in [3.8, 4) is 0 Å². The summed E-state index contributed by atoms with van der Waals surface area (Å²) in [5, 5.41) is 10.8. The van der Waals surface area contributed by atoms with Gasteiger partial charge in [0.1, 0.15) is 5.69 Å². The molecule has 0 heterocycles. The van der Waals surface area contributed by atoms with Crippen LogP contribution in [0.3, 0.4) is 0 Å². The molecule has 0 radical (unpaired) electrons. The topological polar surface area (TPSA) is 72.4 Å². The van der Waals surface area contributed by atoms with Crippen molar-refractivity contribution in [2.24, 2.45) is 0 Å². The number of hydrogen-bond acceptors (Lipinski definition) is 4. The third-order valence-electron chi connectivity index (χ3n) is 3.17. The maximum absolute atomic E-state index is 10.8. The monoisotopic (exact) mass is 271 g/mol. The van der Waals surface area contributed by atoms with Gasteiger partial charge in [0.25, 0.3) is 5.69 Å². The zero-order valence-corrected chi connectivity index (χ0v) is 11.3. The van der Waals surface area contributed by atoms with Crippen molar-refractivity contribution in [3.05, 3.63) is 64.2 Å². The Morgan fingerprint density at radius 2 is 1.90 bits per heavy atom. The molecule has 2 rings (SSSR count). The summed E-state index contributed by atoms with van der Waals surface area (Å²) < 4.78 is 0. The maximum atomic E-state index is 10.8. The first-order chi connectivity index (χ1) is 9.61. The van der Waals surface area contributed by atoms with Crippen LogP contribution in [0.25, 0.3) is 0 Å². The molecule has 2 N–H and O–H groups in total. The van der Waals surface area contributed by atoms with Crippen LogP contribution in [-0.2, 0) is 6.54 Å². The number of benzene rings is 2. The van der Waals surface area contributed by atoms with E-state index in [1.807, 2.05) is 25.1 Å². The third-order valence-corrected chi connectivity index (χ3v) is 3.17. The summed E-state index contributed by atoms with van der Waals surface area (Å²) in [5.41, 5.74) is 7.96. The van der Waals surface area contributed by atoms with E-state index in [-0.39, 0.29) is 11.4 Å². The first-order valence-corrected chi connectivity index (χ1v) is 6.44. The molecule has 0 aliphatic carbocycles. The van der Waals surface area contributed by atoms with Crippen LogP contribution in [0.4, 0.5) is 17.1 Å². The van der Waals surface area contributed by atoms with Crippen LogP contribution in [0.1, 0.15) is 12.5 Å². The molecule has 0 aliphatic heterocycles. The molecule has 104 valence electrons. The molecule has 2 aromatic carbocycles. The molecule has 0 atom stereocenters. The third kappa shape index (κ3) is 3.06. The van der Waals surface area contributed by atoms with Gasteiger partial charge in [0, 0.05) is 24.8 Å². The Morgan fingerprint density at radius 3 is 2.45 bits per heavy atom. The van der Waals surface area contributed by atoms with Crippen molar-refractivity contribution in [1.29, 1.82) is 0 Å². The van der Waals surface area contributed by atoms with Gasteiger partial charge in [0.15, 0.2) is 0 Å². The maximum Gasteiger partial charge on any atom is 0.292 e. The van der Waals surface area contributed by atoms with E-state index in [1.165, 1.54) is 11.6 Å². The number of anilines is 2. The molecule has 0 unspecified atom stereocenters. The number of rotatable bonds is 5. The van der Waals surface area contributed by atoms with Crippen molar-refractivity contribution in [1.82, 2.24) is 0 Å². The smallest absolute Gasteiger partial charge is 0.292 e. The van der Waals surface area contributed by atoms with E-state index in [0.717, 1.165) is 18.8 Å². The number of nitrogens with two attached hydrogens (primary N) is 1. The zero-order valence-electron chi connectivity index (χ0n) is 11.3. The Kier molecular flexibility index (Phi) is 4.20. The minimum atomic E-state index is -0.466. The Hall–Kier alpha value is -2.56. The van der Waals surface area contributed by atoms with Gasteiger partial charge in [-0.3, -0.25) is 10.1 Å². The highest BCUT2D eigenvalue weighted by Gasteiger charge is 2.13. The molecule has 0 amide bonds. The second-order valence-corrected chi connectivity index (χ2v) is 4.50. The van der Waals surface area contributed by atoms with E-state index >= 15 is 0 Å². The van der Waals surface area contributed by atoms with Crippen LogP contribution >= 0.6 is 0 Å². The largest absolute Gasteiger partial charge is 0.393 e. The molecule has 0 aliphatic rings. The molecule has 0 saturated carbocycles. The Morgan fingerprint density at radius 1 is 1.20 bits per heavy atom. The van der Waals surface area contributed by atoms with E-state index in [0.29, 0.717) is 0 Å². The summed E-state index contributed by atoms with van der Waals surface area (Å²) in [6.45, 7) is 3.58. The molecule has 0 bridgehead atoms. The number of nitro benzene ring substituents is 1. The SMILES string of the molecule is CCN(Cc1ccccc1)c1ccc([N+](=O)[O-])c(N)c1. The van der Waals surface area contributed by atoms with Gasteiger partial charge in [-0.15, -0.1) is 0 Å². The summed E-state index contributed by atoms with van der Waals surface area (Å²) >= 11 is 0. The molecular formula is C15H17N3O2. The summed E-state index contributed by atoms with van der Waals surface area (Å²) in [7, 11) is 0. The van der Waals surface area contributed by atoms with Crippen LogP contribution < -0.4 is 10.6 Å². The molecule has 20 heavy (non-hydrogen) atoms. The minimum Gasteiger partial charge on any atom is -0.393 e. The summed E-state index contributed by atoms with van der Waals surface area (Å²) in [6.07, 6.45) is 0. The van der Waals surface area contributed by atoms with Crippen LogP contribution in [0.2, 0.25) is 0 Å². The predicted molar refractivity (Wildman–Crippen MR) is 80.7 cm³/mol. The summed E-state index contributed by atoms with van der Waals surface area (Å²) in [5.74, 6) is 0. The Balaban J connectivity index is 2.24. The number of nitrogens with zero attached hydrogens (tertiary/aromatic N) is 2. The average Bonchev–Trinajstić information content (AvgIpc) is 2.45. The average molecular weight is 271 g/mol. The standard InChI is InChI=1S/C15H17N3O2/c1-2-17(11-12-6-4-3-5-7-12)13-8-9-15(18(19)20)14(16)10-13/h3-10H,2,11,16H2,1H3. The van der Waals surface area contributed by atoms with Crippen molar-refractivity contribution in [2.75, 3.05) is 17.2 Å². The lowest BCUT2D eigenvalue weighted by Gasteiger charge is -2.23. The van der Waals surface area contributed by atoms with Crippen LogP contribution in [0, 0.1) is 10.1 Å². The summed E-state index contributed by atoms with van der Waals surface area (Å²) in [4.78, 5) is 12.4. The van der Waals surface area contributed by atoms with Crippen LogP contribution in [0.5, 0.6) is 0 Å². The van der Waals surface area contributed by atoms with E-state index in [1.54, 1.807) is 12.1 Å². The second-order valence-electron chi connectivity index (χ2n) is 4.50. The van der Waals surface area contributed by atoms with Gasteiger partial charge in [0.2, 0.25) is 0 Å². The van der Waals surface area contributed by atoms with Crippen molar-refractivity contribution < 1.29 is 4.92 Å². The fourth-order valence-electron chi connectivity index (χ4n) is 2.09. The molecule has 0 saturated heterocycles. The lowest BCUT2D eigenvalue weighted by Crippen LogP contribution is -2.22. The fraction of sp³-hybridized carbons (Fsp3) is 0.200. The van der Waals surface area contributed by atoms with Gasteiger partial charge in [0.05, 0.1) is 4.92 Å². The van der Waals surface area contributed by atoms with E-state index < -0.39 is 4.92 Å². The minimum absolute atomic E-state index is 0.0514. The van der Waals surface area contributed by atoms with Gasteiger partial charge in [-0.1, -0.05) is 30.3 Å². The highest BCUT2D eigenvalue weighted by Crippen LogP contribution is 2.27. The molecule has 2 aromatic rings. The van der Waals surface area contributed by atoms with Gasteiger partial charge < -0.3 is 10.6 Å². The van der Waals surface area contributed by atoms with Crippen molar-refractivity contribution in [2.45, 2.75) is 13.5 Å². The first kappa shape index (κ1) is 13.9. The van der Waals surface area contributed by atoms with Crippen LogP contribution in [-0.4, -0.2) is 11.5 Å². The van der Waals surface area contributed by atoms with Gasteiger partial charge in [-0.05, 0) is 24.6 Å². The lowest BCUT2D eigenvalue weighted by atomic mass is 10.2. The summed E-state index contributed by atoms with van der Waals surface area (Å²) in [6, 6.07) is 14.9. The number of nitrogen functional groups attached to an aromatic ring is 1. The van der Waals surface area contributed by atoms with Gasteiger partial charge >= 0.3 is 0 Å². The van der Waals surface area contributed by atoms with Gasteiger partial charge in [-0.25, -0.2) is 0 Å². The predicted octanol–water partition coefficient (Wildman–Crippen LogP) is 3.20. The highest BCUT2D eigenvalue weighted by molar-refractivity contribution is 5.66. The number of nitro groups is 1. The molecule has 5 heteroatoms. The van der Waals surface area contributed by atoms with Gasteiger partial charge in [-0.2, -0.15) is 0 Å². The van der Waals surface area contributed by atoms with E-state index in [9.17, 15) is 10.1 Å². The van der Waals surface area contributed by atoms with E-state index in [4.69, 9.17) is 5.73 Å².